The molecule has 2 heteroatoms. The van der Waals surface area contributed by atoms with Crippen molar-refractivity contribution in [3.05, 3.63) is 0 Å². The van der Waals surface area contributed by atoms with E-state index in [0.717, 1.165) is 23.9 Å². The fraction of sp³-hybridized carbons (Fsp3) is 1.00. The Labute approximate surface area is 126 Å². The number of nitrogens with zero attached hydrogens (tertiary/aromatic N) is 1. The molecule has 1 aliphatic heterocycles. The van der Waals surface area contributed by atoms with E-state index in [2.05, 4.69) is 31.0 Å². The van der Waals surface area contributed by atoms with Crippen LogP contribution in [0.15, 0.2) is 0 Å². The summed E-state index contributed by atoms with van der Waals surface area (Å²) in [5, 5.41) is 3.84. The van der Waals surface area contributed by atoms with Crippen molar-refractivity contribution in [1.82, 2.24) is 10.2 Å². The van der Waals surface area contributed by atoms with Crippen molar-refractivity contribution < 1.29 is 0 Å². The van der Waals surface area contributed by atoms with Crippen LogP contribution in [0.3, 0.4) is 0 Å². The van der Waals surface area contributed by atoms with Crippen LogP contribution in [0.25, 0.3) is 0 Å². The van der Waals surface area contributed by atoms with Crippen molar-refractivity contribution in [2.45, 2.75) is 84.2 Å². The third-order valence-corrected chi connectivity index (χ3v) is 5.05. The van der Waals surface area contributed by atoms with Crippen LogP contribution < -0.4 is 5.32 Å². The summed E-state index contributed by atoms with van der Waals surface area (Å²) in [6.07, 6.45) is 11.3. The molecule has 0 bridgehead atoms. The Hall–Kier alpha value is -0.0800. The molecule has 0 amide bonds. The largest absolute Gasteiger partial charge is 0.311 e. The topological polar surface area (TPSA) is 15.3 Å². The van der Waals surface area contributed by atoms with Crippen molar-refractivity contribution in [2.75, 3.05) is 19.6 Å². The monoisotopic (exact) mass is 280 g/mol. The average molecular weight is 281 g/mol. The fourth-order valence-electron chi connectivity index (χ4n) is 3.67. The Balaban J connectivity index is 1.74. The molecule has 2 atom stereocenters. The SMILES string of the molecule is CCCCCCCN1CC(C2CC2)NCC1CC(C)C. The minimum atomic E-state index is 0.788. The van der Waals surface area contributed by atoms with Crippen molar-refractivity contribution in [1.29, 1.82) is 0 Å². The van der Waals surface area contributed by atoms with Crippen LogP contribution in [0.4, 0.5) is 0 Å². The van der Waals surface area contributed by atoms with Gasteiger partial charge in [-0.2, -0.15) is 0 Å². The van der Waals surface area contributed by atoms with Crippen LogP contribution in [-0.2, 0) is 0 Å². The molecule has 0 radical (unpaired) electrons. The molecule has 20 heavy (non-hydrogen) atoms. The lowest BCUT2D eigenvalue weighted by molar-refractivity contribution is 0.105. The molecule has 2 fully saturated rings. The normalized spacial score (nSPS) is 28.2. The maximum atomic E-state index is 3.84. The third kappa shape index (κ3) is 5.37. The van der Waals surface area contributed by atoms with Gasteiger partial charge in [0.1, 0.15) is 0 Å². The van der Waals surface area contributed by atoms with E-state index in [4.69, 9.17) is 0 Å². The summed E-state index contributed by atoms with van der Waals surface area (Å²) >= 11 is 0. The van der Waals surface area contributed by atoms with Gasteiger partial charge < -0.3 is 5.32 Å². The second kappa shape index (κ2) is 8.38. The van der Waals surface area contributed by atoms with Gasteiger partial charge in [0.15, 0.2) is 0 Å². The molecular weight excluding hydrogens is 244 g/mol. The fourth-order valence-corrected chi connectivity index (χ4v) is 3.67. The molecule has 118 valence electrons. The first-order valence-electron chi connectivity index (χ1n) is 9.18. The molecule has 2 nitrogen and oxygen atoms in total. The van der Waals surface area contributed by atoms with Gasteiger partial charge >= 0.3 is 0 Å². The van der Waals surface area contributed by atoms with Gasteiger partial charge in [-0.05, 0) is 44.1 Å². The van der Waals surface area contributed by atoms with Gasteiger partial charge in [0.2, 0.25) is 0 Å². The average Bonchev–Trinajstić information content (AvgIpc) is 3.24. The Morgan fingerprint density at radius 3 is 2.50 bits per heavy atom. The van der Waals surface area contributed by atoms with Crippen molar-refractivity contribution in [3.63, 3.8) is 0 Å². The molecule has 0 aromatic rings. The van der Waals surface area contributed by atoms with E-state index < -0.39 is 0 Å². The molecule has 0 aromatic heterocycles. The number of unbranched alkanes of at least 4 members (excludes halogenated alkanes) is 4. The summed E-state index contributed by atoms with van der Waals surface area (Å²) in [4.78, 5) is 2.82. The van der Waals surface area contributed by atoms with E-state index in [1.807, 2.05) is 0 Å². The maximum absolute atomic E-state index is 3.84. The van der Waals surface area contributed by atoms with E-state index in [1.54, 1.807) is 0 Å². The van der Waals surface area contributed by atoms with Gasteiger partial charge in [-0.25, -0.2) is 0 Å². The molecule has 1 N–H and O–H groups in total. The Morgan fingerprint density at radius 1 is 1.10 bits per heavy atom. The number of piperazine rings is 1. The van der Waals surface area contributed by atoms with Crippen LogP contribution in [0.2, 0.25) is 0 Å². The molecule has 1 heterocycles. The van der Waals surface area contributed by atoms with Gasteiger partial charge in [-0.15, -0.1) is 0 Å². The quantitative estimate of drug-likeness (QED) is 0.641. The maximum Gasteiger partial charge on any atom is 0.0224 e. The molecule has 2 rings (SSSR count). The lowest BCUT2D eigenvalue weighted by Crippen LogP contribution is -2.57. The molecule has 2 aliphatic rings. The highest BCUT2D eigenvalue weighted by atomic mass is 15.2. The molecule has 1 saturated carbocycles. The summed E-state index contributed by atoms with van der Waals surface area (Å²) < 4.78 is 0. The zero-order valence-corrected chi connectivity index (χ0v) is 14.0. The highest BCUT2D eigenvalue weighted by Crippen LogP contribution is 2.34. The van der Waals surface area contributed by atoms with E-state index in [0.29, 0.717) is 0 Å². The number of rotatable bonds is 9. The van der Waals surface area contributed by atoms with E-state index in [9.17, 15) is 0 Å². The standard InChI is InChI=1S/C18H36N2/c1-4-5-6-7-8-11-20-14-18(16-9-10-16)19-13-17(20)12-15(2)3/h15-19H,4-14H2,1-3H3. The summed E-state index contributed by atoms with van der Waals surface area (Å²) in [7, 11) is 0. The first-order valence-corrected chi connectivity index (χ1v) is 9.18. The predicted molar refractivity (Wildman–Crippen MR) is 88.1 cm³/mol. The van der Waals surface area contributed by atoms with Crippen LogP contribution in [-0.4, -0.2) is 36.6 Å². The summed E-state index contributed by atoms with van der Waals surface area (Å²) in [5.41, 5.74) is 0. The Bertz CT molecular complexity index is 260. The van der Waals surface area contributed by atoms with Gasteiger partial charge in [-0.3, -0.25) is 4.90 Å². The van der Waals surface area contributed by atoms with Gasteiger partial charge in [0.25, 0.3) is 0 Å². The highest BCUT2D eigenvalue weighted by Gasteiger charge is 2.36. The molecule has 0 spiro atoms. The molecule has 1 aliphatic carbocycles. The zero-order valence-electron chi connectivity index (χ0n) is 14.0. The van der Waals surface area contributed by atoms with Crippen LogP contribution in [0.1, 0.15) is 72.1 Å². The second-order valence-corrected chi connectivity index (χ2v) is 7.54. The van der Waals surface area contributed by atoms with Crippen LogP contribution in [0.5, 0.6) is 0 Å². The summed E-state index contributed by atoms with van der Waals surface area (Å²) in [6, 6.07) is 1.59. The van der Waals surface area contributed by atoms with E-state index >= 15 is 0 Å². The van der Waals surface area contributed by atoms with Gasteiger partial charge in [0.05, 0.1) is 0 Å². The van der Waals surface area contributed by atoms with Gasteiger partial charge in [0, 0.05) is 25.2 Å². The van der Waals surface area contributed by atoms with E-state index in [-0.39, 0.29) is 0 Å². The lowest BCUT2D eigenvalue weighted by atomic mass is 9.97. The highest BCUT2D eigenvalue weighted by molar-refractivity contribution is 4.94. The van der Waals surface area contributed by atoms with Crippen molar-refractivity contribution in [2.24, 2.45) is 11.8 Å². The van der Waals surface area contributed by atoms with Crippen molar-refractivity contribution >= 4 is 0 Å². The molecule has 2 unspecified atom stereocenters. The molecule has 0 aromatic carbocycles. The van der Waals surface area contributed by atoms with Gasteiger partial charge in [-0.1, -0.05) is 46.5 Å². The smallest absolute Gasteiger partial charge is 0.0224 e. The van der Waals surface area contributed by atoms with Crippen molar-refractivity contribution in [3.8, 4) is 0 Å². The number of hydrogen-bond donors (Lipinski definition) is 1. The zero-order chi connectivity index (χ0) is 14.4. The van der Waals surface area contributed by atoms with Crippen LogP contribution >= 0.6 is 0 Å². The molecular formula is C18H36N2. The first kappa shape index (κ1) is 16.3. The Morgan fingerprint density at radius 2 is 1.85 bits per heavy atom. The van der Waals surface area contributed by atoms with E-state index in [1.165, 1.54) is 71.0 Å². The third-order valence-electron chi connectivity index (χ3n) is 5.05. The second-order valence-electron chi connectivity index (χ2n) is 7.54. The predicted octanol–water partition coefficient (Wildman–Crippen LogP) is 4.06. The first-order chi connectivity index (χ1) is 9.70. The number of hydrogen-bond acceptors (Lipinski definition) is 2. The lowest BCUT2D eigenvalue weighted by Gasteiger charge is -2.41. The minimum absolute atomic E-state index is 0.788. The number of nitrogens with one attached hydrogen (secondary N) is 1. The summed E-state index contributed by atoms with van der Waals surface area (Å²) in [6.45, 7) is 10.9. The minimum Gasteiger partial charge on any atom is -0.311 e. The van der Waals surface area contributed by atoms with Crippen LogP contribution in [0, 0.1) is 11.8 Å². The summed E-state index contributed by atoms with van der Waals surface area (Å²) in [5.74, 6) is 1.82. The Kier molecular flexibility index (Phi) is 6.83. The molecule has 1 saturated heterocycles.